The molecule has 1 aliphatic rings. The summed E-state index contributed by atoms with van der Waals surface area (Å²) in [5.74, 6) is 2.63. The van der Waals surface area contributed by atoms with Crippen molar-refractivity contribution in [2.45, 2.75) is 44.2 Å². The third kappa shape index (κ3) is 2.00. The van der Waals surface area contributed by atoms with Crippen LogP contribution in [0, 0.1) is 12.3 Å². The first kappa shape index (κ1) is 9.57. The zero-order valence-electron chi connectivity index (χ0n) is 7.64. The topological polar surface area (TPSA) is 32.3 Å². The monoisotopic (exact) mass is 167 g/mol. The van der Waals surface area contributed by atoms with Crippen LogP contribution in [0.5, 0.6) is 0 Å². The van der Waals surface area contributed by atoms with Crippen molar-refractivity contribution in [1.29, 1.82) is 0 Å². The largest absolute Gasteiger partial charge is 0.394 e. The summed E-state index contributed by atoms with van der Waals surface area (Å²) in [6, 6.07) is 0.0650. The van der Waals surface area contributed by atoms with E-state index >= 15 is 0 Å². The normalized spacial score (nSPS) is 23.4. The molecule has 1 fully saturated rings. The van der Waals surface area contributed by atoms with E-state index in [-0.39, 0.29) is 18.2 Å². The fraction of sp³-hybridized carbons (Fsp3) is 0.800. The minimum atomic E-state index is -0.0776. The summed E-state index contributed by atoms with van der Waals surface area (Å²) in [5, 5.41) is 12.5. The van der Waals surface area contributed by atoms with Crippen LogP contribution in [0.3, 0.4) is 0 Å². The number of aliphatic hydroxyl groups excluding tert-OH is 1. The first-order valence-electron chi connectivity index (χ1n) is 4.57. The zero-order chi connectivity index (χ0) is 9.03. The highest BCUT2D eigenvalue weighted by Crippen LogP contribution is 2.29. The maximum atomic E-state index is 9.23. The molecule has 12 heavy (non-hydrogen) atoms. The minimum absolute atomic E-state index is 0.0650. The quantitative estimate of drug-likeness (QED) is 0.612. The van der Waals surface area contributed by atoms with Gasteiger partial charge in [-0.05, 0) is 19.8 Å². The van der Waals surface area contributed by atoms with E-state index in [2.05, 4.69) is 11.2 Å². The van der Waals surface area contributed by atoms with E-state index in [9.17, 15) is 5.11 Å². The van der Waals surface area contributed by atoms with Gasteiger partial charge < -0.3 is 5.11 Å². The molecule has 0 aromatic carbocycles. The number of rotatable bonds is 3. The Bertz CT molecular complexity index is 177. The number of hydrogen-bond donors (Lipinski definition) is 2. The summed E-state index contributed by atoms with van der Waals surface area (Å²) in [4.78, 5) is 0. The van der Waals surface area contributed by atoms with E-state index < -0.39 is 0 Å². The lowest BCUT2D eigenvalue weighted by molar-refractivity contribution is 0.160. The van der Waals surface area contributed by atoms with Crippen molar-refractivity contribution < 1.29 is 5.11 Å². The van der Waals surface area contributed by atoms with Crippen molar-refractivity contribution in [3.05, 3.63) is 0 Å². The SMILES string of the molecule is C#CC(C)NC1(CO)CCCC1. The Labute approximate surface area is 74.4 Å². The van der Waals surface area contributed by atoms with Gasteiger partial charge in [-0.3, -0.25) is 5.32 Å². The summed E-state index contributed by atoms with van der Waals surface area (Å²) in [6.07, 6.45) is 9.77. The Balaban J connectivity index is 2.50. The van der Waals surface area contributed by atoms with Gasteiger partial charge in [0.15, 0.2) is 0 Å². The molecule has 2 heteroatoms. The molecule has 1 unspecified atom stereocenters. The van der Waals surface area contributed by atoms with Crippen molar-refractivity contribution in [1.82, 2.24) is 5.32 Å². The smallest absolute Gasteiger partial charge is 0.0663 e. The second kappa shape index (κ2) is 3.93. The zero-order valence-corrected chi connectivity index (χ0v) is 7.64. The molecule has 0 bridgehead atoms. The van der Waals surface area contributed by atoms with Crippen LogP contribution in [-0.4, -0.2) is 23.3 Å². The van der Waals surface area contributed by atoms with Crippen molar-refractivity contribution in [3.63, 3.8) is 0 Å². The Morgan fingerprint density at radius 2 is 2.17 bits per heavy atom. The van der Waals surface area contributed by atoms with E-state index in [4.69, 9.17) is 6.42 Å². The molecule has 0 radical (unpaired) electrons. The van der Waals surface area contributed by atoms with Gasteiger partial charge in [-0.15, -0.1) is 6.42 Å². The third-order valence-corrected chi connectivity index (χ3v) is 2.64. The summed E-state index contributed by atoms with van der Waals surface area (Å²) >= 11 is 0. The van der Waals surface area contributed by atoms with Crippen LogP contribution in [0.15, 0.2) is 0 Å². The van der Waals surface area contributed by atoms with Crippen molar-refractivity contribution in [2.75, 3.05) is 6.61 Å². The lowest BCUT2D eigenvalue weighted by Crippen LogP contribution is -2.49. The third-order valence-electron chi connectivity index (χ3n) is 2.64. The van der Waals surface area contributed by atoms with Gasteiger partial charge in [0.2, 0.25) is 0 Å². The average molecular weight is 167 g/mol. The molecule has 0 saturated heterocycles. The van der Waals surface area contributed by atoms with Crippen LogP contribution < -0.4 is 5.32 Å². The van der Waals surface area contributed by atoms with E-state index in [1.807, 2.05) is 6.92 Å². The molecule has 68 valence electrons. The van der Waals surface area contributed by atoms with Crippen molar-refractivity contribution >= 4 is 0 Å². The number of nitrogens with one attached hydrogen (secondary N) is 1. The fourth-order valence-electron chi connectivity index (χ4n) is 1.90. The van der Waals surface area contributed by atoms with Gasteiger partial charge >= 0.3 is 0 Å². The highest BCUT2D eigenvalue weighted by molar-refractivity contribution is 5.02. The molecule has 0 aromatic rings. The van der Waals surface area contributed by atoms with Crippen LogP contribution >= 0.6 is 0 Å². The molecule has 0 amide bonds. The standard InChI is InChI=1S/C10H17NO/c1-3-9(2)11-10(8-12)6-4-5-7-10/h1,9,11-12H,4-8H2,2H3. The summed E-state index contributed by atoms with van der Waals surface area (Å²) in [6.45, 7) is 2.16. The van der Waals surface area contributed by atoms with Gasteiger partial charge in [-0.2, -0.15) is 0 Å². The maximum absolute atomic E-state index is 9.23. The molecule has 0 spiro atoms. The van der Waals surface area contributed by atoms with Crippen LogP contribution in [0.25, 0.3) is 0 Å². The Morgan fingerprint density at radius 3 is 2.58 bits per heavy atom. The van der Waals surface area contributed by atoms with Crippen molar-refractivity contribution in [2.24, 2.45) is 0 Å². The summed E-state index contributed by atoms with van der Waals surface area (Å²) in [5.41, 5.74) is -0.0776. The number of aliphatic hydroxyl groups is 1. The molecule has 1 aliphatic carbocycles. The predicted molar refractivity (Wildman–Crippen MR) is 49.7 cm³/mol. The van der Waals surface area contributed by atoms with E-state index in [1.54, 1.807) is 0 Å². The van der Waals surface area contributed by atoms with Crippen LogP contribution in [-0.2, 0) is 0 Å². The van der Waals surface area contributed by atoms with Crippen LogP contribution in [0.4, 0.5) is 0 Å². The molecule has 0 aromatic heterocycles. The molecule has 2 N–H and O–H groups in total. The highest BCUT2D eigenvalue weighted by atomic mass is 16.3. The summed E-state index contributed by atoms with van der Waals surface area (Å²) < 4.78 is 0. The van der Waals surface area contributed by atoms with Crippen LogP contribution in [0.1, 0.15) is 32.6 Å². The predicted octanol–water partition coefficient (Wildman–Crippen LogP) is 0.903. The van der Waals surface area contributed by atoms with E-state index in [0.29, 0.717) is 0 Å². The van der Waals surface area contributed by atoms with Crippen molar-refractivity contribution in [3.8, 4) is 12.3 Å². The maximum Gasteiger partial charge on any atom is 0.0663 e. The van der Waals surface area contributed by atoms with Gasteiger partial charge in [0, 0.05) is 5.54 Å². The first-order valence-corrected chi connectivity index (χ1v) is 4.57. The second-order valence-electron chi connectivity index (χ2n) is 3.68. The highest BCUT2D eigenvalue weighted by Gasteiger charge is 2.33. The Morgan fingerprint density at radius 1 is 1.58 bits per heavy atom. The lowest BCUT2D eigenvalue weighted by Gasteiger charge is -2.29. The van der Waals surface area contributed by atoms with Gasteiger partial charge in [-0.25, -0.2) is 0 Å². The van der Waals surface area contributed by atoms with Gasteiger partial charge in [0.05, 0.1) is 12.6 Å². The van der Waals surface area contributed by atoms with Gasteiger partial charge in [0.1, 0.15) is 0 Å². The molecule has 1 saturated carbocycles. The van der Waals surface area contributed by atoms with Crippen LogP contribution in [0.2, 0.25) is 0 Å². The van der Waals surface area contributed by atoms with E-state index in [1.165, 1.54) is 12.8 Å². The Hall–Kier alpha value is -0.520. The molecule has 1 rings (SSSR count). The number of hydrogen-bond acceptors (Lipinski definition) is 2. The fourth-order valence-corrected chi connectivity index (χ4v) is 1.90. The molecule has 0 heterocycles. The molecule has 1 atom stereocenters. The molecular weight excluding hydrogens is 150 g/mol. The first-order chi connectivity index (χ1) is 5.72. The minimum Gasteiger partial charge on any atom is -0.394 e. The molecular formula is C10H17NO. The second-order valence-corrected chi connectivity index (χ2v) is 3.68. The average Bonchev–Trinajstić information content (AvgIpc) is 2.54. The van der Waals surface area contributed by atoms with Gasteiger partial charge in [0.25, 0.3) is 0 Å². The molecule has 2 nitrogen and oxygen atoms in total. The number of terminal acetylenes is 1. The lowest BCUT2D eigenvalue weighted by atomic mass is 9.98. The summed E-state index contributed by atoms with van der Waals surface area (Å²) in [7, 11) is 0. The molecule has 0 aliphatic heterocycles. The van der Waals surface area contributed by atoms with Gasteiger partial charge in [-0.1, -0.05) is 18.8 Å². The van der Waals surface area contributed by atoms with E-state index in [0.717, 1.165) is 12.8 Å². The Kier molecular flexibility index (Phi) is 3.13.